The van der Waals surface area contributed by atoms with Gasteiger partial charge in [-0.2, -0.15) is 0 Å². The molecule has 2 N–H and O–H groups in total. The van der Waals surface area contributed by atoms with E-state index in [0.29, 0.717) is 22.2 Å². The van der Waals surface area contributed by atoms with Gasteiger partial charge in [0, 0.05) is 11.6 Å². The van der Waals surface area contributed by atoms with Gasteiger partial charge in [-0.05, 0) is 37.7 Å². The smallest absolute Gasteiger partial charge is 0.252 e. The fraction of sp³-hybridized carbons (Fsp3) is 0.417. The highest BCUT2D eigenvalue weighted by Gasteiger charge is 2.09. The Labute approximate surface area is 111 Å². The van der Waals surface area contributed by atoms with Crippen LogP contribution in [0.2, 0.25) is 10.0 Å². The van der Waals surface area contributed by atoms with Gasteiger partial charge in [0.05, 0.1) is 10.6 Å². The lowest BCUT2D eigenvalue weighted by atomic mass is 10.2. The molecule has 0 fully saturated rings. The molecule has 1 rings (SSSR count). The maximum Gasteiger partial charge on any atom is 0.252 e. The summed E-state index contributed by atoms with van der Waals surface area (Å²) in [6, 6.07) is 4.85. The normalized spacial score (nSPS) is 10.3. The van der Waals surface area contributed by atoms with Crippen LogP contribution in [0.4, 0.5) is 0 Å². The van der Waals surface area contributed by atoms with E-state index in [4.69, 9.17) is 23.2 Å². The van der Waals surface area contributed by atoms with Crippen molar-refractivity contribution in [1.29, 1.82) is 0 Å². The molecule has 0 unspecified atom stereocenters. The number of rotatable bonds is 6. The van der Waals surface area contributed by atoms with Gasteiger partial charge in [-0.15, -0.1) is 0 Å². The first kappa shape index (κ1) is 14.3. The molecule has 0 aliphatic heterocycles. The third-order valence-corrected chi connectivity index (χ3v) is 2.80. The number of amides is 1. The SMILES string of the molecule is CCNCCCNC(=O)c1cc(Cl)ccc1Cl. The standard InChI is InChI=1S/C12H16Cl2N2O/c1-2-15-6-3-7-16-12(17)10-8-9(13)4-5-11(10)14/h4-5,8,15H,2-3,6-7H2,1H3,(H,16,17). The van der Waals surface area contributed by atoms with Crippen LogP contribution < -0.4 is 10.6 Å². The van der Waals surface area contributed by atoms with Crippen LogP contribution in [0.3, 0.4) is 0 Å². The summed E-state index contributed by atoms with van der Waals surface area (Å²) in [6.07, 6.45) is 0.887. The Morgan fingerprint density at radius 1 is 1.29 bits per heavy atom. The molecule has 1 aromatic carbocycles. The number of nitrogens with one attached hydrogen (secondary N) is 2. The zero-order valence-electron chi connectivity index (χ0n) is 9.72. The van der Waals surface area contributed by atoms with Gasteiger partial charge < -0.3 is 10.6 Å². The molecule has 0 spiro atoms. The molecule has 0 radical (unpaired) electrons. The molecule has 5 heteroatoms. The van der Waals surface area contributed by atoms with E-state index in [2.05, 4.69) is 10.6 Å². The number of halogens is 2. The lowest BCUT2D eigenvalue weighted by molar-refractivity contribution is 0.0953. The van der Waals surface area contributed by atoms with Crippen molar-refractivity contribution in [1.82, 2.24) is 10.6 Å². The summed E-state index contributed by atoms with van der Waals surface area (Å²) in [6.45, 7) is 4.49. The third-order valence-electron chi connectivity index (χ3n) is 2.24. The minimum absolute atomic E-state index is 0.186. The van der Waals surface area contributed by atoms with Crippen LogP contribution in [-0.2, 0) is 0 Å². The fourth-order valence-corrected chi connectivity index (χ4v) is 1.73. The Morgan fingerprint density at radius 2 is 2.06 bits per heavy atom. The van der Waals surface area contributed by atoms with Gasteiger partial charge in [-0.3, -0.25) is 4.79 Å². The lowest BCUT2D eigenvalue weighted by Crippen LogP contribution is -2.27. The van der Waals surface area contributed by atoms with Crippen molar-refractivity contribution in [2.24, 2.45) is 0 Å². The van der Waals surface area contributed by atoms with E-state index >= 15 is 0 Å². The first-order valence-electron chi connectivity index (χ1n) is 5.59. The molecule has 0 aromatic heterocycles. The Kier molecular flexibility index (Phi) is 6.34. The first-order valence-corrected chi connectivity index (χ1v) is 6.34. The van der Waals surface area contributed by atoms with Crippen molar-refractivity contribution in [3.05, 3.63) is 33.8 Å². The Balaban J connectivity index is 2.44. The van der Waals surface area contributed by atoms with Crippen LogP contribution in [0.5, 0.6) is 0 Å². The van der Waals surface area contributed by atoms with Gasteiger partial charge in [-0.1, -0.05) is 30.1 Å². The molecule has 0 aliphatic carbocycles. The van der Waals surface area contributed by atoms with Crippen LogP contribution in [0.1, 0.15) is 23.7 Å². The quantitative estimate of drug-likeness (QED) is 0.784. The van der Waals surface area contributed by atoms with E-state index in [-0.39, 0.29) is 5.91 Å². The Bertz CT molecular complexity index is 383. The largest absolute Gasteiger partial charge is 0.352 e. The second-order valence-corrected chi connectivity index (χ2v) is 4.43. The molecule has 17 heavy (non-hydrogen) atoms. The molecule has 1 aromatic rings. The summed E-state index contributed by atoms with van der Waals surface area (Å²) in [7, 11) is 0. The minimum atomic E-state index is -0.186. The van der Waals surface area contributed by atoms with Gasteiger partial charge >= 0.3 is 0 Å². The molecule has 3 nitrogen and oxygen atoms in total. The summed E-state index contributed by atoms with van der Waals surface area (Å²) in [4.78, 5) is 11.8. The number of benzene rings is 1. The van der Waals surface area contributed by atoms with Crippen molar-refractivity contribution in [2.75, 3.05) is 19.6 Å². The van der Waals surface area contributed by atoms with Crippen LogP contribution in [-0.4, -0.2) is 25.5 Å². The van der Waals surface area contributed by atoms with Gasteiger partial charge in [-0.25, -0.2) is 0 Å². The van der Waals surface area contributed by atoms with Crippen molar-refractivity contribution >= 4 is 29.1 Å². The third kappa shape index (κ3) is 4.94. The molecule has 0 saturated heterocycles. The molecular formula is C12H16Cl2N2O. The second kappa shape index (κ2) is 7.54. The maximum absolute atomic E-state index is 11.8. The molecule has 0 aliphatic rings. The zero-order valence-corrected chi connectivity index (χ0v) is 11.2. The maximum atomic E-state index is 11.8. The topological polar surface area (TPSA) is 41.1 Å². The van der Waals surface area contributed by atoms with Gasteiger partial charge in [0.25, 0.3) is 5.91 Å². The first-order chi connectivity index (χ1) is 8.15. The molecule has 0 atom stereocenters. The van der Waals surface area contributed by atoms with Crippen LogP contribution in [0.15, 0.2) is 18.2 Å². The molecular weight excluding hydrogens is 259 g/mol. The summed E-state index contributed by atoms with van der Waals surface area (Å²) in [5.41, 5.74) is 0.419. The fourth-order valence-electron chi connectivity index (χ4n) is 1.36. The number of hydrogen-bond acceptors (Lipinski definition) is 2. The second-order valence-electron chi connectivity index (χ2n) is 3.59. The molecule has 1 amide bonds. The highest BCUT2D eigenvalue weighted by molar-refractivity contribution is 6.35. The van der Waals surface area contributed by atoms with Crippen LogP contribution >= 0.6 is 23.2 Å². The van der Waals surface area contributed by atoms with E-state index < -0.39 is 0 Å². The van der Waals surface area contributed by atoms with Crippen LogP contribution in [0, 0.1) is 0 Å². The molecule has 94 valence electrons. The predicted molar refractivity (Wildman–Crippen MR) is 72.0 cm³/mol. The van der Waals surface area contributed by atoms with E-state index in [9.17, 15) is 4.79 Å². The van der Waals surface area contributed by atoms with E-state index in [1.165, 1.54) is 0 Å². The summed E-state index contributed by atoms with van der Waals surface area (Å²) in [5.74, 6) is -0.186. The van der Waals surface area contributed by atoms with Crippen molar-refractivity contribution < 1.29 is 4.79 Å². The Morgan fingerprint density at radius 3 is 2.76 bits per heavy atom. The lowest BCUT2D eigenvalue weighted by Gasteiger charge is -2.07. The molecule has 0 bridgehead atoms. The minimum Gasteiger partial charge on any atom is -0.352 e. The molecule has 0 saturated carbocycles. The van der Waals surface area contributed by atoms with Gasteiger partial charge in [0.1, 0.15) is 0 Å². The van der Waals surface area contributed by atoms with E-state index in [0.717, 1.165) is 19.5 Å². The summed E-state index contributed by atoms with van der Waals surface area (Å²) in [5, 5.41) is 6.91. The highest BCUT2D eigenvalue weighted by atomic mass is 35.5. The van der Waals surface area contributed by atoms with E-state index in [1.54, 1.807) is 18.2 Å². The zero-order chi connectivity index (χ0) is 12.7. The van der Waals surface area contributed by atoms with Crippen molar-refractivity contribution in [3.8, 4) is 0 Å². The average Bonchev–Trinajstić information content (AvgIpc) is 2.32. The summed E-state index contributed by atoms with van der Waals surface area (Å²) >= 11 is 11.7. The monoisotopic (exact) mass is 274 g/mol. The van der Waals surface area contributed by atoms with Crippen LogP contribution in [0.25, 0.3) is 0 Å². The van der Waals surface area contributed by atoms with Gasteiger partial charge in [0.15, 0.2) is 0 Å². The highest BCUT2D eigenvalue weighted by Crippen LogP contribution is 2.20. The summed E-state index contributed by atoms with van der Waals surface area (Å²) < 4.78 is 0. The van der Waals surface area contributed by atoms with Gasteiger partial charge in [0.2, 0.25) is 0 Å². The Hall–Kier alpha value is -0.770. The van der Waals surface area contributed by atoms with E-state index in [1.807, 2.05) is 6.92 Å². The average molecular weight is 275 g/mol. The predicted octanol–water partition coefficient (Wildman–Crippen LogP) is 2.72. The van der Waals surface area contributed by atoms with Crippen molar-refractivity contribution in [3.63, 3.8) is 0 Å². The molecule has 0 heterocycles. The number of carbonyl (C=O) groups is 1. The number of carbonyl (C=O) groups excluding carboxylic acids is 1. The number of hydrogen-bond donors (Lipinski definition) is 2. The van der Waals surface area contributed by atoms with Crippen molar-refractivity contribution in [2.45, 2.75) is 13.3 Å².